The van der Waals surface area contributed by atoms with E-state index in [2.05, 4.69) is 0 Å². The van der Waals surface area contributed by atoms with Gasteiger partial charge in [0.1, 0.15) is 17.6 Å². The Bertz CT molecular complexity index is 1310. The van der Waals surface area contributed by atoms with Crippen LogP contribution < -0.4 is 9.64 Å². The van der Waals surface area contributed by atoms with E-state index in [0.29, 0.717) is 4.88 Å². The number of ketones is 1. The van der Waals surface area contributed by atoms with E-state index in [4.69, 9.17) is 16.3 Å². The molecule has 1 saturated heterocycles. The molecule has 0 aliphatic carbocycles. The molecule has 1 aromatic heterocycles. The number of nitrogens with zero attached hydrogens (tertiary/aromatic N) is 1. The molecule has 1 atom stereocenters. The number of aliphatic hydroxyl groups is 1. The number of rotatable bonds is 4. The third-order valence-electron chi connectivity index (χ3n) is 5.48. The van der Waals surface area contributed by atoms with Gasteiger partial charge in [0.2, 0.25) is 0 Å². The van der Waals surface area contributed by atoms with E-state index >= 15 is 0 Å². The number of Topliss-reactive ketones (excluding diaryl/α,β-unsaturated/α-hetero) is 1. The van der Waals surface area contributed by atoms with E-state index in [-0.39, 0.29) is 27.6 Å². The lowest BCUT2D eigenvalue weighted by molar-refractivity contribution is -0.137. The second kappa shape index (κ2) is 8.81. The highest BCUT2D eigenvalue weighted by Gasteiger charge is 2.48. The highest BCUT2D eigenvalue weighted by Crippen LogP contribution is 2.46. The molecule has 1 aliphatic heterocycles. The molecule has 0 spiro atoms. The van der Waals surface area contributed by atoms with E-state index < -0.39 is 35.2 Å². The SMILES string of the molecule is COc1ccc(Cl)cc1/C(O)=C1/C(=O)C(=O)N(c2ccc(C(F)(F)F)cc2)C1c1sccc1C. The highest BCUT2D eigenvalue weighted by molar-refractivity contribution is 7.10. The first-order chi connectivity index (χ1) is 16.0. The fourth-order valence-corrected chi connectivity index (χ4v) is 5.03. The summed E-state index contributed by atoms with van der Waals surface area (Å²) in [5.74, 6) is -2.22. The number of aryl methyl sites for hydroxylation is 1. The predicted molar refractivity (Wildman–Crippen MR) is 123 cm³/mol. The van der Waals surface area contributed by atoms with E-state index in [0.717, 1.165) is 34.7 Å². The summed E-state index contributed by atoms with van der Waals surface area (Å²) < 4.78 is 44.4. The van der Waals surface area contributed by atoms with Gasteiger partial charge in [-0.3, -0.25) is 14.5 Å². The summed E-state index contributed by atoms with van der Waals surface area (Å²) in [6.45, 7) is 1.78. The maximum absolute atomic E-state index is 13.2. The normalized spacial score (nSPS) is 17.9. The molecule has 1 amide bonds. The largest absolute Gasteiger partial charge is 0.507 e. The van der Waals surface area contributed by atoms with E-state index in [1.165, 1.54) is 30.6 Å². The van der Waals surface area contributed by atoms with Crippen molar-refractivity contribution in [3.05, 3.63) is 86.1 Å². The molecular formula is C24H17ClF3NO4S. The lowest BCUT2D eigenvalue weighted by Gasteiger charge is -2.25. The fourth-order valence-electron chi connectivity index (χ4n) is 3.83. The highest BCUT2D eigenvalue weighted by atomic mass is 35.5. The second-order valence-corrected chi connectivity index (χ2v) is 8.91. The molecule has 0 bridgehead atoms. The van der Waals surface area contributed by atoms with Crippen LogP contribution in [0, 0.1) is 6.92 Å². The number of methoxy groups -OCH3 is 1. The summed E-state index contributed by atoms with van der Waals surface area (Å²) in [6.07, 6.45) is -4.56. The molecule has 2 aromatic carbocycles. The molecule has 176 valence electrons. The summed E-state index contributed by atoms with van der Waals surface area (Å²) in [5, 5.41) is 13.2. The zero-order valence-electron chi connectivity index (χ0n) is 17.8. The van der Waals surface area contributed by atoms with E-state index in [1.54, 1.807) is 24.4 Å². The van der Waals surface area contributed by atoms with Crippen molar-refractivity contribution in [3.8, 4) is 5.75 Å². The van der Waals surface area contributed by atoms with Crippen LogP contribution >= 0.6 is 22.9 Å². The Morgan fingerprint density at radius 2 is 1.79 bits per heavy atom. The molecule has 1 aliphatic rings. The molecule has 1 fully saturated rings. The van der Waals surface area contributed by atoms with Gasteiger partial charge in [-0.05, 0) is 66.4 Å². The topological polar surface area (TPSA) is 66.8 Å². The van der Waals surface area contributed by atoms with Gasteiger partial charge < -0.3 is 9.84 Å². The van der Waals surface area contributed by atoms with Crippen molar-refractivity contribution in [2.75, 3.05) is 12.0 Å². The lowest BCUT2D eigenvalue weighted by Crippen LogP contribution is -2.29. The molecule has 0 saturated carbocycles. The number of benzene rings is 2. The van der Waals surface area contributed by atoms with Crippen molar-refractivity contribution in [2.24, 2.45) is 0 Å². The predicted octanol–water partition coefficient (Wildman–Crippen LogP) is 6.36. The Morgan fingerprint density at radius 3 is 2.35 bits per heavy atom. The Morgan fingerprint density at radius 1 is 1.12 bits per heavy atom. The first-order valence-electron chi connectivity index (χ1n) is 9.90. The van der Waals surface area contributed by atoms with Crippen molar-refractivity contribution in [2.45, 2.75) is 19.1 Å². The van der Waals surface area contributed by atoms with Gasteiger partial charge in [0.15, 0.2) is 0 Å². The molecule has 1 unspecified atom stereocenters. The van der Waals surface area contributed by atoms with Crippen LogP contribution in [0.1, 0.15) is 27.6 Å². The molecule has 5 nitrogen and oxygen atoms in total. The van der Waals surface area contributed by atoms with Crippen molar-refractivity contribution >= 4 is 46.1 Å². The third-order valence-corrected chi connectivity index (χ3v) is 6.79. The van der Waals surface area contributed by atoms with Crippen LogP contribution in [0.15, 0.2) is 59.5 Å². The lowest BCUT2D eigenvalue weighted by atomic mass is 9.97. The van der Waals surface area contributed by atoms with Gasteiger partial charge in [-0.25, -0.2) is 0 Å². The summed E-state index contributed by atoms with van der Waals surface area (Å²) in [7, 11) is 1.38. The average molecular weight is 508 g/mol. The zero-order valence-corrected chi connectivity index (χ0v) is 19.4. The number of hydrogen-bond acceptors (Lipinski definition) is 5. The van der Waals surface area contributed by atoms with Crippen LogP contribution in [0.2, 0.25) is 5.02 Å². The Hall–Kier alpha value is -3.30. The van der Waals surface area contributed by atoms with Gasteiger partial charge in [0, 0.05) is 15.6 Å². The Balaban J connectivity index is 1.94. The zero-order chi connectivity index (χ0) is 24.8. The standard InChI is InChI=1S/C24H17ClF3NO4S/c1-12-9-10-34-22(12)19-18(20(30)16-11-14(25)5-8-17(16)33-2)21(31)23(32)29(19)15-6-3-13(4-7-15)24(26,27)28/h3-11,19,30H,1-2H3/b20-18-. The number of carbonyl (C=O) groups excluding carboxylic acids is 2. The molecule has 0 radical (unpaired) electrons. The summed E-state index contributed by atoms with van der Waals surface area (Å²) in [4.78, 5) is 28.0. The van der Waals surface area contributed by atoms with Crippen molar-refractivity contribution < 1.29 is 32.6 Å². The number of hydrogen-bond donors (Lipinski definition) is 1. The number of aliphatic hydroxyl groups excluding tert-OH is 1. The molecular weight excluding hydrogens is 491 g/mol. The minimum atomic E-state index is -4.56. The van der Waals surface area contributed by atoms with Gasteiger partial charge >= 0.3 is 6.18 Å². The van der Waals surface area contributed by atoms with Crippen molar-refractivity contribution in [3.63, 3.8) is 0 Å². The third kappa shape index (κ3) is 4.05. The van der Waals surface area contributed by atoms with Crippen LogP contribution in [0.25, 0.3) is 5.76 Å². The quantitative estimate of drug-likeness (QED) is 0.253. The number of ether oxygens (including phenoxy) is 1. The number of alkyl halides is 3. The number of carbonyl (C=O) groups is 2. The van der Waals surface area contributed by atoms with Crippen molar-refractivity contribution in [1.29, 1.82) is 0 Å². The van der Waals surface area contributed by atoms with Gasteiger partial charge in [-0.1, -0.05) is 11.6 Å². The van der Waals surface area contributed by atoms with Gasteiger partial charge in [0.05, 0.1) is 23.8 Å². The Labute approximate surface area is 201 Å². The first kappa shape index (κ1) is 23.8. The number of halogens is 4. The fraction of sp³-hybridized carbons (Fsp3) is 0.167. The summed E-state index contributed by atoms with van der Waals surface area (Å²) in [6, 6.07) is 9.12. The minimum Gasteiger partial charge on any atom is -0.507 e. The van der Waals surface area contributed by atoms with Crippen LogP contribution in [0.5, 0.6) is 5.75 Å². The number of thiophene rings is 1. The maximum atomic E-state index is 13.2. The summed E-state index contributed by atoms with van der Waals surface area (Å²) >= 11 is 7.34. The summed E-state index contributed by atoms with van der Waals surface area (Å²) in [5.41, 5.74) is -0.154. The van der Waals surface area contributed by atoms with Gasteiger partial charge in [-0.2, -0.15) is 13.2 Å². The second-order valence-electron chi connectivity index (χ2n) is 7.53. The van der Waals surface area contributed by atoms with Crippen molar-refractivity contribution in [1.82, 2.24) is 0 Å². The molecule has 4 rings (SSSR count). The first-order valence-corrected chi connectivity index (χ1v) is 11.2. The molecule has 1 N–H and O–H groups in total. The van der Waals surface area contributed by atoms with Crippen LogP contribution in [0.3, 0.4) is 0 Å². The van der Waals surface area contributed by atoms with E-state index in [9.17, 15) is 27.9 Å². The molecule has 2 heterocycles. The van der Waals surface area contributed by atoms with Crippen LogP contribution in [-0.4, -0.2) is 23.9 Å². The van der Waals surface area contributed by atoms with E-state index in [1.807, 2.05) is 0 Å². The molecule has 10 heteroatoms. The van der Waals surface area contributed by atoms with Gasteiger partial charge in [-0.15, -0.1) is 11.3 Å². The van der Waals surface area contributed by atoms with Crippen LogP contribution in [0.4, 0.5) is 18.9 Å². The minimum absolute atomic E-state index is 0.0880. The molecule has 3 aromatic rings. The monoisotopic (exact) mass is 507 g/mol. The van der Waals surface area contributed by atoms with Gasteiger partial charge in [0.25, 0.3) is 11.7 Å². The molecule has 34 heavy (non-hydrogen) atoms. The maximum Gasteiger partial charge on any atom is 0.416 e. The number of anilines is 1. The average Bonchev–Trinajstić information content (AvgIpc) is 3.33. The van der Waals surface area contributed by atoms with Crippen LogP contribution in [-0.2, 0) is 15.8 Å². The Kier molecular flexibility index (Phi) is 6.18. The smallest absolute Gasteiger partial charge is 0.416 e. The number of amides is 1.